The Labute approximate surface area is 103 Å². The molecule has 0 bridgehead atoms. The van der Waals surface area contributed by atoms with Crippen LogP contribution in [0.4, 0.5) is 0 Å². The van der Waals surface area contributed by atoms with Crippen LogP contribution in [0.15, 0.2) is 23.1 Å². The third-order valence-corrected chi connectivity index (χ3v) is 2.97. The maximum Gasteiger partial charge on any atom is 0.256 e. The first-order chi connectivity index (χ1) is 8.58. The molecule has 2 rings (SSSR count). The lowest BCUT2D eigenvalue weighted by Gasteiger charge is -2.20. The molecular formula is C11H15NO6. The standard InChI is InChI=1S/C11H15NO6/c1-17-10-9(16)7(5-13)18-11(10)12-3-2-6(14)4-8(12)15/h2-4,7,9-11,13-14,16H,5H2,1H3/t7-,9-,10-,11-/m1/s1. The highest BCUT2D eigenvalue weighted by Gasteiger charge is 2.44. The van der Waals surface area contributed by atoms with Gasteiger partial charge in [-0.3, -0.25) is 9.36 Å². The van der Waals surface area contributed by atoms with E-state index in [1.54, 1.807) is 0 Å². The van der Waals surface area contributed by atoms with E-state index < -0.39 is 30.1 Å². The van der Waals surface area contributed by atoms with E-state index in [9.17, 15) is 15.0 Å². The molecule has 0 aliphatic carbocycles. The first-order valence-electron chi connectivity index (χ1n) is 5.47. The number of ether oxygens (including phenoxy) is 2. The van der Waals surface area contributed by atoms with Crippen molar-refractivity contribution in [2.75, 3.05) is 13.7 Å². The second-order valence-electron chi connectivity index (χ2n) is 4.07. The fourth-order valence-electron chi connectivity index (χ4n) is 2.04. The van der Waals surface area contributed by atoms with E-state index in [1.807, 2.05) is 0 Å². The second-order valence-corrected chi connectivity index (χ2v) is 4.07. The summed E-state index contributed by atoms with van der Waals surface area (Å²) in [5.41, 5.74) is -0.479. The largest absolute Gasteiger partial charge is 0.508 e. The molecule has 1 aliphatic rings. The van der Waals surface area contributed by atoms with E-state index in [1.165, 1.54) is 23.9 Å². The number of hydrogen-bond donors (Lipinski definition) is 3. The molecule has 18 heavy (non-hydrogen) atoms. The molecule has 4 atom stereocenters. The number of nitrogens with zero attached hydrogens (tertiary/aromatic N) is 1. The highest BCUT2D eigenvalue weighted by molar-refractivity contribution is 5.16. The summed E-state index contributed by atoms with van der Waals surface area (Å²) in [5.74, 6) is -0.150. The van der Waals surface area contributed by atoms with Crippen molar-refractivity contribution in [1.29, 1.82) is 0 Å². The van der Waals surface area contributed by atoms with Crippen LogP contribution in [-0.2, 0) is 9.47 Å². The number of aromatic hydroxyl groups is 1. The fourth-order valence-corrected chi connectivity index (χ4v) is 2.04. The number of hydrogen-bond acceptors (Lipinski definition) is 6. The Kier molecular flexibility index (Phi) is 3.67. The van der Waals surface area contributed by atoms with E-state index in [-0.39, 0.29) is 12.4 Å². The van der Waals surface area contributed by atoms with E-state index in [4.69, 9.17) is 14.6 Å². The van der Waals surface area contributed by atoms with Crippen molar-refractivity contribution in [1.82, 2.24) is 4.57 Å². The van der Waals surface area contributed by atoms with Crippen molar-refractivity contribution in [2.24, 2.45) is 0 Å². The lowest BCUT2D eigenvalue weighted by Crippen LogP contribution is -2.36. The van der Waals surface area contributed by atoms with Crippen LogP contribution in [0.25, 0.3) is 0 Å². The minimum absolute atomic E-state index is 0.150. The van der Waals surface area contributed by atoms with Crippen molar-refractivity contribution < 1.29 is 24.8 Å². The van der Waals surface area contributed by atoms with Crippen LogP contribution in [0.3, 0.4) is 0 Å². The van der Waals surface area contributed by atoms with Crippen LogP contribution < -0.4 is 5.56 Å². The van der Waals surface area contributed by atoms with Gasteiger partial charge in [0.05, 0.1) is 6.61 Å². The van der Waals surface area contributed by atoms with Gasteiger partial charge < -0.3 is 24.8 Å². The van der Waals surface area contributed by atoms with Crippen LogP contribution in [-0.4, -0.2) is 51.9 Å². The topological polar surface area (TPSA) is 101 Å². The third kappa shape index (κ3) is 2.13. The van der Waals surface area contributed by atoms with E-state index in [0.717, 1.165) is 6.07 Å². The van der Waals surface area contributed by atoms with Gasteiger partial charge in [0.2, 0.25) is 0 Å². The molecule has 7 nitrogen and oxygen atoms in total. The lowest BCUT2D eigenvalue weighted by molar-refractivity contribution is -0.0619. The quantitative estimate of drug-likeness (QED) is 0.630. The Balaban J connectivity index is 2.35. The maximum atomic E-state index is 11.7. The Morgan fingerprint density at radius 2 is 2.28 bits per heavy atom. The fraction of sp³-hybridized carbons (Fsp3) is 0.545. The molecule has 0 spiro atoms. The van der Waals surface area contributed by atoms with E-state index in [2.05, 4.69) is 0 Å². The van der Waals surface area contributed by atoms with Crippen LogP contribution >= 0.6 is 0 Å². The van der Waals surface area contributed by atoms with Gasteiger partial charge >= 0.3 is 0 Å². The van der Waals surface area contributed by atoms with Crippen LogP contribution in [0, 0.1) is 0 Å². The van der Waals surface area contributed by atoms with Crippen molar-refractivity contribution in [3.63, 3.8) is 0 Å². The van der Waals surface area contributed by atoms with Gasteiger partial charge in [0.25, 0.3) is 5.56 Å². The Morgan fingerprint density at radius 3 is 2.83 bits per heavy atom. The summed E-state index contributed by atoms with van der Waals surface area (Å²) < 4.78 is 11.7. The third-order valence-electron chi connectivity index (χ3n) is 2.97. The first kappa shape index (κ1) is 13.0. The molecule has 0 radical (unpaired) electrons. The second kappa shape index (κ2) is 5.07. The molecular weight excluding hydrogens is 242 g/mol. The minimum Gasteiger partial charge on any atom is -0.508 e. The number of pyridine rings is 1. The zero-order valence-electron chi connectivity index (χ0n) is 9.76. The van der Waals surface area contributed by atoms with Crippen molar-refractivity contribution >= 4 is 0 Å². The molecule has 1 saturated heterocycles. The molecule has 0 amide bonds. The van der Waals surface area contributed by atoms with Crippen LogP contribution in [0.5, 0.6) is 5.75 Å². The number of rotatable bonds is 3. The van der Waals surface area contributed by atoms with Gasteiger partial charge in [0, 0.05) is 19.4 Å². The first-order valence-corrected chi connectivity index (χ1v) is 5.47. The van der Waals surface area contributed by atoms with E-state index >= 15 is 0 Å². The van der Waals surface area contributed by atoms with Crippen molar-refractivity contribution in [2.45, 2.75) is 24.5 Å². The van der Waals surface area contributed by atoms with Gasteiger partial charge in [0.1, 0.15) is 24.1 Å². The summed E-state index contributed by atoms with van der Waals surface area (Å²) in [7, 11) is 1.38. The molecule has 0 aromatic carbocycles. The summed E-state index contributed by atoms with van der Waals surface area (Å²) in [4.78, 5) is 11.7. The van der Waals surface area contributed by atoms with E-state index in [0.29, 0.717) is 0 Å². The molecule has 7 heteroatoms. The predicted molar refractivity (Wildman–Crippen MR) is 60.2 cm³/mol. The summed E-state index contributed by atoms with van der Waals surface area (Å²) in [5, 5.41) is 28.1. The summed E-state index contributed by atoms with van der Waals surface area (Å²) in [6.07, 6.45) is -2.08. The van der Waals surface area contributed by atoms with Gasteiger partial charge in [-0.05, 0) is 6.07 Å². The molecule has 1 aliphatic heterocycles. The Hall–Kier alpha value is -1.41. The highest BCUT2D eigenvalue weighted by Crippen LogP contribution is 2.30. The zero-order valence-corrected chi connectivity index (χ0v) is 9.76. The molecule has 1 aromatic rings. The highest BCUT2D eigenvalue weighted by atomic mass is 16.6. The zero-order chi connectivity index (χ0) is 13.3. The van der Waals surface area contributed by atoms with Gasteiger partial charge in [-0.25, -0.2) is 0 Å². The number of aromatic nitrogens is 1. The normalized spacial score (nSPS) is 31.7. The molecule has 1 fully saturated rings. The summed E-state index contributed by atoms with van der Waals surface area (Å²) in [6, 6.07) is 2.37. The van der Waals surface area contributed by atoms with Gasteiger partial charge in [0.15, 0.2) is 6.23 Å². The summed E-state index contributed by atoms with van der Waals surface area (Å²) in [6.45, 7) is -0.371. The van der Waals surface area contributed by atoms with Crippen molar-refractivity contribution in [3.05, 3.63) is 28.7 Å². The minimum atomic E-state index is -1.02. The Morgan fingerprint density at radius 1 is 1.56 bits per heavy atom. The molecule has 0 unspecified atom stereocenters. The molecule has 100 valence electrons. The monoisotopic (exact) mass is 257 g/mol. The smallest absolute Gasteiger partial charge is 0.256 e. The van der Waals surface area contributed by atoms with Gasteiger partial charge in [-0.2, -0.15) is 0 Å². The van der Waals surface area contributed by atoms with Crippen LogP contribution in [0.1, 0.15) is 6.23 Å². The molecule has 2 heterocycles. The van der Waals surface area contributed by atoms with Gasteiger partial charge in [-0.1, -0.05) is 0 Å². The predicted octanol–water partition coefficient (Wildman–Crippen LogP) is -1.18. The maximum absolute atomic E-state index is 11.7. The Bertz CT molecular complexity index is 473. The van der Waals surface area contributed by atoms with Crippen molar-refractivity contribution in [3.8, 4) is 5.75 Å². The molecule has 3 N–H and O–H groups in total. The van der Waals surface area contributed by atoms with Gasteiger partial charge in [-0.15, -0.1) is 0 Å². The number of aliphatic hydroxyl groups is 2. The number of methoxy groups -OCH3 is 1. The molecule has 0 saturated carbocycles. The average Bonchev–Trinajstić information content (AvgIpc) is 2.65. The lowest BCUT2D eigenvalue weighted by atomic mass is 10.1. The summed E-state index contributed by atoms with van der Waals surface area (Å²) >= 11 is 0. The number of aliphatic hydroxyl groups excluding tert-OH is 2. The molecule has 1 aromatic heterocycles. The average molecular weight is 257 g/mol. The van der Waals surface area contributed by atoms with Crippen LogP contribution in [0.2, 0.25) is 0 Å². The SMILES string of the molecule is CO[C@@H]1[C@H](O)[C@@H](CO)O[C@H]1n1ccc(O)cc1=O.